The minimum absolute atomic E-state index is 0.0466. The van der Waals surface area contributed by atoms with Crippen LogP contribution in [0.15, 0.2) is 0 Å². The molecule has 1 heterocycles. The van der Waals surface area contributed by atoms with E-state index in [0.29, 0.717) is 44.8 Å². The Morgan fingerprint density at radius 3 is 2.33 bits per heavy atom. The molecule has 2 N–H and O–H groups in total. The first-order valence-electron chi connectivity index (χ1n) is 8.17. The minimum Gasteiger partial charge on any atom is -0.481 e. The first-order chi connectivity index (χ1) is 9.91. The topological polar surface area (TPSA) is 69.6 Å². The third-order valence-corrected chi connectivity index (χ3v) is 4.62. The molecule has 1 fully saturated rings. The molecule has 1 saturated heterocycles. The number of urea groups is 1. The second kappa shape index (κ2) is 8.25. The van der Waals surface area contributed by atoms with Crippen molar-refractivity contribution in [2.75, 3.05) is 19.6 Å². The van der Waals surface area contributed by atoms with Gasteiger partial charge in [-0.15, -0.1) is 0 Å². The molecule has 2 amide bonds. The van der Waals surface area contributed by atoms with Gasteiger partial charge >= 0.3 is 12.0 Å². The van der Waals surface area contributed by atoms with Crippen molar-refractivity contribution in [3.05, 3.63) is 0 Å². The summed E-state index contributed by atoms with van der Waals surface area (Å²) in [6.45, 7) is 8.11. The molecule has 1 rings (SSSR count). The maximum Gasteiger partial charge on any atom is 0.317 e. The van der Waals surface area contributed by atoms with Gasteiger partial charge in [-0.1, -0.05) is 33.6 Å². The van der Waals surface area contributed by atoms with Crippen molar-refractivity contribution in [1.29, 1.82) is 0 Å². The Labute approximate surface area is 128 Å². The molecule has 21 heavy (non-hydrogen) atoms. The summed E-state index contributed by atoms with van der Waals surface area (Å²) in [5, 5.41) is 12.3. The average Bonchev–Trinajstić information content (AvgIpc) is 2.46. The SMILES string of the molecule is CCC1(C(=O)O)CCN(C(=O)NCCCCC(C)C)CC1. The van der Waals surface area contributed by atoms with E-state index >= 15 is 0 Å². The van der Waals surface area contributed by atoms with E-state index in [1.54, 1.807) is 4.90 Å². The van der Waals surface area contributed by atoms with Crippen molar-refractivity contribution >= 4 is 12.0 Å². The van der Waals surface area contributed by atoms with Crippen LogP contribution in [0.1, 0.15) is 59.3 Å². The van der Waals surface area contributed by atoms with Gasteiger partial charge in [0.05, 0.1) is 5.41 Å². The van der Waals surface area contributed by atoms with Crippen LogP contribution in [0.5, 0.6) is 0 Å². The molecule has 0 aromatic rings. The van der Waals surface area contributed by atoms with Gasteiger partial charge < -0.3 is 15.3 Å². The largest absolute Gasteiger partial charge is 0.481 e. The second-order valence-electron chi connectivity index (χ2n) is 6.55. The van der Waals surface area contributed by atoms with Crippen LogP contribution in [0.2, 0.25) is 0 Å². The van der Waals surface area contributed by atoms with E-state index in [4.69, 9.17) is 0 Å². The van der Waals surface area contributed by atoms with Gasteiger partial charge in [-0.25, -0.2) is 4.79 Å². The van der Waals surface area contributed by atoms with E-state index < -0.39 is 11.4 Å². The van der Waals surface area contributed by atoms with Gasteiger partial charge in [-0.3, -0.25) is 4.79 Å². The van der Waals surface area contributed by atoms with Crippen LogP contribution in [0.4, 0.5) is 4.79 Å². The summed E-state index contributed by atoms with van der Waals surface area (Å²) in [7, 11) is 0. The average molecular weight is 298 g/mol. The number of carbonyl (C=O) groups is 2. The predicted octanol–water partition coefficient (Wildman–Crippen LogP) is 3.10. The number of hydrogen-bond donors (Lipinski definition) is 2. The lowest BCUT2D eigenvalue weighted by atomic mass is 9.76. The number of unbranched alkanes of at least 4 members (excludes halogenated alkanes) is 1. The van der Waals surface area contributed by atoms with Gasteiger partial charge in [0.1, 0.15) is 0 Å². The standard InChI is InChI=1S/C16H30N2O3/c1-4-16(14(19)20)8-11-18(12-9-16)15(21)17-10-6-5-7-13(2)3/h13H,4-12H2,1-3H3,(H,17,21)(H,19,20). The third-order valence-electron chi connectivity index (χ3n) is 4.62. The molecule has 0 saturated carbocycles. The minimum atomic E-state index is -0.723. The zero-order valence-corrected chi connectivity index (χ0v) is 13.7. The Balaban J connectivity index is 2.27. The molecule has 1 aliphatic rings. The number of amides is 2. The van der Waals surface area contributed by atoms with E-state index in [9.17, 15) is 14.7 Å². The molecule has 0 bridgehead atoms. The molecular weight excluding hydrogens is 268 g/mol. The quantitative estimate of drug-likeness (QED) is 0.710. The van der Waals surface area contributed by atoms with Crippen LogP contribution in [-0.4, -0.2) is 41.6 Å². The molecule has 0 atom stereocenters. The maximum atomic E-state index is 12.0. The summed E-state index contributed by atoms with van der Waals surface area (Å²) in [5.74, 6) is -0.0141. The number of carboxylic acid groups (broad SMARTS) is 1. The van der Waals surface area contributed by atoms with Crippen molar-refractivity contribution in [3.63, 3.8) is 0 Å². The summed E-state index contributed by atoms with van der Waals surface area (Å²) in [5.41, 5.74) is -0.631. The lowest BCUT2D eigenvalue weighted by molar-refractivity contribution is -0.151. The smallest absolute Gasteiger partial charge is 0.317 e. The highest BCUT2D eigenvalue weighted by molar-refractivity contribution is 5.77. The third kappa shape index (κ3) is 5.21. The highest BCUT2D eigenvalue weighted by Crippen LogP contribution is 2.35. The van der Waals surface area contributed by atoms with Crippen LogP contribution in [0, 0.1) is 11.3 Å². The number of carboxylic acids is 1. The van der Waals surface area contributed by atoms with Crippen molar-refractivity contribution < 1.29 is 14.7 Å². The number of nitrogens with one attached hydrogen (secondary N) is 1. The van der Waals surface area contributed by atoms with Gasteiger partial charge in [0, 0.05) is 19.6 Å². The van der Waals surface area contributed by atoms with Gasteiger partial charge in [-0.2, -0.15) is 0 Å². The van der Waals surface area contributed by atoms with Gasteiger partial charge in [-0.05, 0) is 31.6 Å². The van der Waals surface area contributed by atoms with Crippen molar-refractivity contribution in [1.82, 2.24) is 10.2 Å². The van der Waals surface area contributed by atoms with E-state index in [-0.39, 0.29) is 6.03 Å². The summed E-state index contributed by atoms with van der Waals surface area (Å²) in [6.07, 6.45) is 5.07. The first kappa shape index (κ1) is 17.8. The molecule has 5 heteroatoms. The number of carbonyl (C=O) groups excluding carboxylic acids is 1. The van der Waals surface area contributed by atoms with Crippen LogP contribution >= 0.6 is 0 Å². The fourth-order valence-corrected chi connectivity index (χ4v) is 2.84. The van der Waals surface area contributed by atoms with Crippen molar-refractivity contribution in [2.45, 2.75) is 59.3 Å². The second-order valence-corrected chi connectivity index (χ2v) is 6.55. The lowest BCUT2D eigenvalue weighted by Gasteiger charge is -2.38. The monoisotopic (exact) mass is 298 g/mol. The Morgan fingerprint density at radius 2 is 1.86 bits per heavy atom. The number of rotatable bonds is 7. The Morgan fingerprint density at radius 1 is 1.24 bits per heavy atom. The summed E-state index contributed by atoms with van der Waals surface area (Å²) < 4.78 is 0. The molecule has 0 spiro atoms. The Bertz CT molecular complexity index is 347. The molecule has 0 aliphatic carbocycles. The number of piperidine rings is 1. The van der Waals surface area contributed by atoms with Crippen molar-refractivity contribution in [3.8, 4) is 0 Å². The predicted molar refractivity (Wildman–Crippen MR) is 83.3 cm³/mol. The Kier molecular flexibility index (Phi) is 6.99. The van der Waals surface area contributed by atoms with Gasteiger partial charge in [0.25, 0.3) is 0 Å². The first-order valence-corrected chi connectivity index (χ1v) is 8.17. The van der Waals surface area contributed by atoms with Crippen LogP contribution in [0.3, 0.4) is 0 Å². The molecule has 0 unspecified atom stereocenters. The molecule has 122 valence electrons. The summed E-state index contributed by atoms with van der Waals surface area (Å²) in [6, 6.07) is -0.0466. The highest BCUT2D eigenvalue weighted by atomic mass is 16.4. The highest BCUT2D eigenvalue weighted by Gasteiger charge is 2.40. The number of aliphatic carboxylic acids is 1. The normalized spacial score (nSPS) is 17.8. The summed E-state index contributed by atoms with van der Waals surface area (Å²) >= 11 is 0. The van der Waals surface area contributed by atoms with E-state index in [1.165, 1.54) is 6.42 Å². The van der Waals surface area contributed by atoms with Crippen molar-refractivity contribution in [2.24, 2.45) is 11.3 Å². The maximum absolute atomic E-state index is 12.0. The zero-order chi connectivity index (χ0) is 15.9. The zero-order valence-electron chi connectivity index (χ0n) is 13.7. The van der Waals surface area contributed by atoms with Crippen LogP contribution < -0.4 is 5.32 Å². The fourth-order valence-electron chi connectivity index (χ4n) is 2.84. The van der Waals surface area contributed by atoms with E-state index in [0.717, 1.165) is 12.8 Å². The summed E-state index contributed by atoms with van der Waals surface area (Å²) in [4.78, 5) is 25.1. The number of nitrogens with zero attached hydrogens (tertiary/aromatic N) is 1. The molecule has 5 nitrogen and oxygen atoms in total. The molecule has 0 aromatic carbocycles. The van der Waals surface area contributed by atoms with Crippen LogP contribution in [0.25, 0.3) is 0 Å². The van der Waals surface area contributed by atoms with Gasteiger partial charge in [0.2, 0.25) is 0 Å². The fraction of sp³-hybridized carbons (Fsp3) is 0.875. The Hall–Kier alpha value is -1.26. The van der Waals surface area contributed by atoms with Gasteiger partial charge in [0.15, 0.2) is 0 Å². The molecule has 1 aliphatic heterocycles. The van der Waals surface area contributed by atoms with E-state index in [1.807, 2.05) is 6.92 Å². The number of likely N-dealkylation sites (tertiary alicyclic amines) is 1. The van der Waals surface area contributed by atoms with Crippen LogP contribution in [-0.2, 0) is 4.79 Å². The van der Waals surface area contributed by atoms with E-state index in [2.05, 4.69) is 19.2 Å². The molecule has 0 aromatic heterocycles. The number of hydrogen-bond acceptors (Lipinski definition) is 2. The molecule has 0 radical (unpaired) electrons. The lowest BCUT2D eigenvalue weighted by Crippen LogP contribution is -2.49. The molecular formula is C16H30N2O3.